The molecule has 1 aliphatic heterocycles. The van der Waals surface area contributed by atoms with Gasteiger partial charge in [0.25, 0.3) is 0 Å². The summed E-state index contributed by atoms with van der Waals surface area (Å²) in [5.41, 5.74) is 5.51. The molecule has 1 aliphatic rings. The lowest BCUT2D eigenvalue weighted by atomic mass is 10.0. The fourth-order valence-corrected chi connectivity index (χ4v) is 3.07. The molecule has 106 valence electrons. The van der Waals surface area contributed by atoms with Crippen molar-refractivity contribution in [1.29, 1.82) is 0 Å². The molecule has 1 fully saturated rings. The second-order valence-electron chi connectivity index (χ2n) is 5.58. The second kappa shape index (κ2) is 6.40. The summed E-state index contributed by atoms with van der Waals surface area (Å²) in [6.07, 6.45) is 1.43. The van der Waals surface area contributed by atoms with Crippen molar-refractivity contribution in [2.75, 3.05) is 38.2 Å². The van der Waals surface area contributed by atoms with Crippen LogP contribution in [-0.4, -0.2) is 39.4 Å². The molecule has 0 amide bonds. The number of anilines is 1. The Morgan fingerprint density at radius 3 is 2.58 bits per heavy atom. The summed E-state index contributed by atoms with van der Waals surface area (Å²) in [5.74, 6) is 0. The quantitative estimate of drug-likeness (QED) is 0.902. The van der Waals surface area contributed by atoms with Crippen LogP contribution >= 0.6 is 0 Å². The third kappa shape index (κ3) is 3.48. The average molecular weight is 262 g/mol. The number of ether oxygens (including phenoxy) is 1. The van der Waals surface area contributed by atoms with Crippen molar-refractivity contribution in [1.82, 2.24) is 5.32 Å². The van der Waals surface area contributed by atoms with Gasteiger partial charge in [0.1, 0.15) is 0 Å². The standard InChI is InChI=1S/C16H26N2O/c1-12-9-13(2)16(14(3)10-12)18-7-8-19-15(11-18)5-6-17-4/h9-10,15,17H,5-8,11H2,1-4H3. The van der Waals surface area contributed by atoms with Gasteiger partial charge in [-0.25, -0.2) is 0 Å². The molecule has 3 heteroatoms. The largest absolute Gasteiger partial charge is 0.374 e. The van der Waals surface area contributed by atoms with Gasteiger partial charge in [0.15, 0.2) is 0 Å². The summed E-state index contributed by atoms with van der Waals surface area (Å²) in [5, 5.41) is 3.20. The molecule has 19 heavy (non-hydrogen) atoms. The summed E-state index contributed by atoms with van der Waals surface area (Å²) in [4.78, 5) is 2.49. The van der Waals surface area contributed by atoms with Crippen LogP contribution in [0.25, 0.3) is 0 Å². The first-order valence-corrected chi connectivity index (χ1v) is 7.21. The monoisotopic (exact) mass is 262 g/mol. The van der Waals surface area contributed by atoms with Gasteiger partial charge in [-0.15, -0.1) is 0 Å². The molecule has 0 aromatic heterocycles. The van der Waals surface area contributed by atoms with Crippen LogP contribution in [0.5, 0.6) is 0 Å². The Balaban J connectivity index is 2.13. The SMILES string of the molecule is CNCCC1CN(c2c(C)cc(C)cc2C)CCO1. The first-order valence-electron chi connectivity index (χ1n) is 7.21. The molecule has 1 aromatic rings. The van der Waals surface area contributed by atoms with E-state index < -0.39 is 0 Å². The number of rotatable bonds is 4. The molecule has 0 saturated carbocycles. The van der Waals surface area contributed by atoms with Crippen molar-refractivity contribution >= 4 is 5.69 Å². The predicted octanol–water partition coefficient (Wildman–Crippen LogP) is 2.43. The van der Waals surface area contributed by atoms with Gasteiger partial charge in [-0.3, -0.25) is 0 Å². The van der Waals surface area contributed by atoms with Crippen molar-refractivity contribution in [3.63, 3.8) is 0 Å². The summed E-state index contributed by atoms with van der Waals surface area (Å²) in [6.45, 7) is 10.5. The summed E-state index contributed by atoms with van der Waals surface area (Å²) >= 11 is 0. The zero-order valence-corrected chi connectivity index (χ0v) is 12.6. The van der Waals surface area contributed by atoms with Crippen LogP contribution in [0.2, 0.25) is 0 Å². The van der Waals surface area contributed by atoms with E-state index in [9.17, 15) is 0 Å². The predicted molar refractivity (Wildman–Crippen MR) is 81.1 cm³/mol. The van der Waals surface area contributed by atoms with E-state index in [0.717, 1.165) is 32.7 Å². The zero-order valence-electron chi connectivity index (χ0n) is 12.6. The lowest BCUT2D eigenvalue weighted by molar-refractivity contribution is 0.0357. The van der Waals surface area contributed by atoms with E-state index in [2.05, 4.69) is 43.1 Å². The Labute approximate surface area is 116 Å². The van der Waals surface area contributed by atoms with E-state index in [4.69, 9.17) is 4.74 Å². The van der Waals surface area contributed by atoms with Gasteiger partial charge in [0.05, 0.1) is 12.7 Å². The molecule has 0 radical (unpaired) electrons. The molecule has 1 unspecified atom stereocenters. The highest BCUT2D eigenvalue weighted by molar-refractivity contribution is 5.60. The lowest BCUT2D eigenvalue weighted by Crippen LogP contribution is -2.44. The maximum Gasteiger partial charge on any atom is 0.0762 e. The second-order valence-corrected chi connectivity index (χ2v) is 5.58. The number of benzene rings is 1. The van der Waals surface area contributed by atoms with Crippen LogP contribution in [-0.2, 0) is 4.74 Å². The van der Waals surface area contributed by atoms with Gasteiger partial charge in [-0.05, 0) is 51.9 Å². The van der Waals surface area contributed by atoms with Crippen molar-refractivity contribution in [3.05, 3.63) is 28.8 Å². The minimum atomic E-state index is 0.348. The Morgan fingerprint density at radius 2 is 1.95 bits per heavy atom. The fraction of sp³-hybridized carbons (Fsp3) is 0.625. The van der Waals surface area contributed by atoms with Crippen molar-refractivity contribution in [2.45, 2.75) is 33.3 Å². The third-order valence-electron chi connectivity index (χ3n) is 3.81. The molecule has 1 saturated heterocycles. The van der Waals surface area contributed by atoms with E-state index in [1.807, 2.05) is 7.05 Å². The summed E-state index contributed by atoms with van der Waals surface area (Å²) in [6, 6.07) is 4.56. The van der Waals surface area contributed by atoms with E-state index in [-0.39, 0.29) is 0 Å². The van der Waals surface area contributed by atoms with Crippen LogP contribution in [0.3, 0.4) is 0 Å². The molecule has 1 atom stereocenters. The maximum atomic E-state index is 5.85. The van der Waals surface area contributed by atoms with Crippen LogP contribution in [0.15, 0.2) is 12.1 Å². The van der Waals surface area contributed by atoms with E-state index >= 15 is 0 Å². The maximum absolute atomic E-state index is 5.85. The summed E-state index contributed by atoms with van der Waals surface area (Å²) < 4.78 is 5.85. The highest BCUT2D eigenvalue weighted by atomic mass is 16.5. The van der Waals surface area contributed by atoms with Gasteiger partial charge in [0, 0.05) is 18.8 Å². The summed E-state index contributed by atoms with van der Waals surface area (Å²) in [7, 11) is 1.99. The van der Waals surface area contributed by atoms with Gasteiger partial charge >= 0.3 is 0 Å². The molecule has 0 bridgehead atoms. The lowest BCUT2D eigenvalue weighted by Gasteiger charge is -2.36. The molecule has 2 rings (SSSR count). The minimum absolute atomic E-state index is 0.348. The van der Waals surface area contributed by atoms with Gasteiger partial charge < -0.3 is 15.0 Å². The Morgan fingerprint density at radius 1 is 1.26 bits per heavy atom. The normalized spacial score (nSPS) is 19.8. The van der Waals surface area contributed by atoms with E-state index in [1.165, 1.54) is 22.4 Å². The molecular weight excluding hydrogens is 236 g/mol. The van der Waals surface area contributed by atoms with Gasteiger partial charge in [-0.1, -0.05) is 17.7 Å². The Kier molecular flexibility index (Phi) is 4.83. The fourth-order valence-electron chi connectivity index (χ4n) is 3.07. The molecule has 1 N–H and O–H groups in total. The Hall–Kier alpha value is -1.06. The third-order valence-corrected chi connectivity index (χ3v) is 3.81. The molecule has 1 aromatic carbocycles. The number of hydrogen-bond donors (Lipinski definition) is 1. The minimum Gasteiger partial charge on any atom is -0.374 e. The zero-order chi connectivity index (χ0) is 13.8. The van der Waals surface area contributed by atoms with Crippen LogP contribution < -0.4 is 10.2 Å². The number of morpholine rings is 1. The van der Waals surface area contributed by atoms with Crippen LogP contribution in [0.4, 0.5) is 5.69 Å². The molecule has 0 aliphatic carbocycles. The molecule has 3 nitrogen and oxygen atoms in total. The van der Waals surface area contributed by atoms with E-state index in [1.54, 1.807) is 0 Å². The van der Waals surface area contributed by atoms with Gasteiger partial charge in [0.2, 0.25) is 0 Å². The van der Waals surface area contributed by atoms with Gasteiger partial charge in [-0.2, -0.15) is 0 Å². The topological polar surface area (TPSA) is 24.5 Å². The highest BCUT2D eigenvalue weighted by Crippen LogP contribution is 2.28. The van der Waals surface area contributed by atoms with Crippen molar-refractivity contribution < 1.29 is 4.74 Å². The Bertz CT molecular complexity index is 408. The number of hydrogen-bond acceptors (Lipinski definition) is 3. The first-order chi connectivity index (χ1) is 9.11. The highest BCUT2D eigenvalue weighted by Gasteiger charge is 2.22. The first kappa shape index (κ1) is 14.4. The van der Waals surface area contributed by atoms with Crippen LogP contribution in [0, 0.1) is 20.8 Å². The van der Waals surface area contributed by atoms with Crippen molar-refractivity contribution in [3.8, 4) is 0 Å². The molecule has 1 heterocycles. The van der Waals surface area contributed by atoms with Crippen LogP contribution in [0.1, 0.15) is 23.1 Å². The molecular formula is C16H26N2O. The average Bonchev–Trinajstić information content (AvgIpc) is 2.35. The van der Waals surface area contributed by atoms with Crippen molar-refractivity contribution in [2.24, 2.45) is 0 Å². The number of aryl methyl sites for hydroxylation is 3. The molecule has 0 spiro atoms. The smallest absolute Gasteiger partial charge is 0.0762 e. The number of nitrogens with one attached hydrogen (secondary N) is 1. The number of nitrogens with zero attached hydrogens (tertiary/aromatic N) is 1. The van der Waals surface area contributed by atoms with E-state index in [0.29, 0.717) is 6.10 Å².